The molecule has 0 unspecified atom stereocenters. The highest BCUT2D eigenvalue weighted by molar-refractivity contribution is 7.18. The number of aliphatic imine (C=N–C) groups is 1. The van der Waals surface area contributed by atoms with E-state index in [1.807, 2.05) is 18.3 Å². The van der Waals surface area contributed by atoms with Crippen LogP contribution >= 0.6 is 11.3 Å². The normalized spacial score (nSPS) is 11.9. The van der Waals surface area contributed by atoms with E-state index in [4.69, 9.17) is 0 Å². The molecule has 3 heterocycles. The van der Waals surface area contributed by atoms with E-state index in [2.05, 4.69) is 42.9 Å². The van der Waals surface area contributed by atoms with Crippen molar-refractivity contribution in [2.45, 2.75) is 6.54 Å². The molecule has 28 heavy (non-hydrogen) atoms. The zero-order chi connectivity index (χ0) is 19.5. The number of pyridine rings is 1. The van der Waals surface area contributed by atoms with Crippen LogP contribution in [0.25, 0.3) is 10.6 Å². The summed E-state index contributed by atoms with van der Waals surface area (Å²) < 4.78 is 0. The summed E-state index contributed by atoms with van der Waals surface area (Å²) in [4.78, 5) is 21.8. The average Bonchev–Trinajstić information content (AvgIpc) is 3.35. The monoisotopic (exact) mass is 393 g/mol. The minimum atomic E-state index is -0.00723. The van der Waals surface area contributed by atoms with Gasteiger partial charge in [-0.1, -0.05) is 17.4 Å². The maximum Gasteiger partial charge on any atom is 0.241 e. The molecule has 1 amide bonds. The number of rotatable bonds is 6. The fraction of sp³-hybridized carbons (Fsp3) is 0.211. The molecule has 142 valence electrons. The molecule has 0 fully saturated rings. The molecule has 0 radical (unpaired) electrons. The first-order valence-corrected chi connectivity index (χ1v) is 9.53. The van der Waals surface area contributed by atoms with Crippen molar-refractivity contribution in [3.63, 3.8) is 0 Å². The number of hydrogen-bond acceptors (Lipinski definition) is 8. The minimum absolute atomic E-state index is 0.00723. The Kier molecular flexibility index (Phi) is 4.98. The number of benzene rings is 1. The van der Waals surface area contributed by atoms with Crippen LogP contribution in [-0.4, -0.2) is 52.8 Å². The third kappa shape index (κ3) is 3.99. The number of hydrogen-bond donors (Lipinski definition) is 2. The first kappa shape index (κ1) is 18.1. The van der Waals surface area contributed by atoms with Gasteiger partial charge in [0.15, 0.2) is 5.01 Å². The second-order valence-corrected chi connectivity index (χ2v) is 7.50. The Labute approximate surface area is 166 Å². The number of likely N-dealkylation sites (N-methyl/N-ethyl adjacent to an activating group) is 1. The second-order valence-electron chi connectivity index (χ2n) is 6.52. The maximum absolute atomic E-state index is 11.7. The Morgan fingerprint density at radius 2 is 2.07 bits per heavy atom. The lowest BCUT2D eigenvalue weighted by atomic mass is 10.1. The molecule has 2 N–H and O–H groups in total. The van der Waals surface area contributed by atoms with Crippen LogP contribution in [0.4, 0.5) is 16.5 Å². The van der Waals surface area contributed by atoms with Gasteiger partial charge in [0.05, 0.1) is 18.8 Å². The highest BCUT2D eigenvalue weighted by atomic mass is 32.1. The van der Waals surface area contributed by atoms with Gasteiger partial charge in [0, 0.05) is 44.0 Å². The third-order valence-electron chi connectivity index (χ3n) is 4.24. The van der Waals surface area contributed by atoms with Crippen molar-refractivity contribution in [2.75, 3.05) is 31.3 Å². The molecule has 0 bridgehead atoms. The summed E-state index contributed by atoms with van der Waals surface area (Å²) >= 11 is 1.44. The summed E-state index contributed by atoms with van der Waals surface area (Å²) in [6.07, 6.45) is 5.30. The summed E-state index contributed by atoms with van der Waals surface area (Å²) in [7, 11) is 3.45. The van der Waals surface area contributed by atoms with Gasteiger partial charge in [0.1, 0.15) is 0 Å². The van der Waals surface area contributed by atoms with Gasteiger partial charge in [-0.2, -0.15) is 0 Å². The molecule has 1 aliphatic heterocycles. The van der Waals surface area contributed by atoms with Crippen LogP contribution in [0, 0.1) is 0 Å². The summed E-state index contributed by atoms with van der Waals surface area (Å²) in [6, 6.07) is 8.05. The van der Waals surface area contributed by atoms with E-state index in [1.165, 1.54) is 21.8 Å². The van der Waals surface area contributed by atoms with Crippen molar-refractivity contribution in [1.82, 2.24) is 20.1 Å². The maximum atomic E-state index is 11.7. The zero-order valence-corrected chi connectivity index (χ0v) is 16.3. The molecule has 0 spiro atoms. The number of aromatic nitrogens is 3. The zero-order valence-electron chi connectivity index (χ0n) is 15.5. The molecule has 1 aliphatic rings. The van der Waals surface area contributed by atoms with E-state index < -0.39 is 0 Å². The topological polar surface area (TPSA) is 95.4 Å². The number of anilines is 3. The van der Waals surface area contributed by atoms with E-state index in [-0.39, 0.29) is 12.5 Å². The molecule has 3 aromatic rings. The summed E-state index contributed by atoms with van der Waals surface area (Å²) in [5.74, 6) is -0.00723. The molecule has 4 rings (SSSR count). The predicted octanol–water partition coefficient (Wildman–Crippen LogP) is 2.78. The molecule has 2 aromatic heterocycles. The van der Waals surface area contributed by atoms with Crippen molar-refractivity contribution < 1.29 is 4.79 Å². The predicted molar refractivity (Wildman–Crippen MR) is 111 cm³/mol. The molecule has 0 atom stereocenters. The second kappa shape index (κ2) is 7.73. The largest absolute Gasteiger partial charge is 0.375 e. The Balaban J connectivity index is 1.46. The first-order chi connectivity index (χ1) is 13.6. The Morgan fingerprint density at radius 3 is 2.93 bits per heavy atom. The minimum Gasteiger partial charge on any atom is -0.375 e. The third-order valence-corrected chi connectivity index (χ3v) is 5.13. The van der Waals surface area contributed by atoms with E-state index >= 15 is 0 Å². The van der Waals surface area contributed by atoms with Crippen molar-refractivity contribution in [3.8, 4) is 10.6 Å². The van der Waals surface area contributed by atoms with Crippen molar-refractivity contribution >= 4 is 40.0 Å². The highest BCUT2D eigenvalue weighted by Gasteiger charge is 2.11. The van der Waals surface area contributed by atoms with Gasteiger partial charge in [-0.15, -0.1) is 10.2 Å². The standard InChI is InChI=1S/C19H19N7OS/c1-26(2)17(27)11-22-16-6-14(9-21-10-16)18-24-25-19(28-18)23-15-4-3-12-7-20-8-13(12)5-15/h3-6,8-10,22H,7,11H2,1-2H3,(H,23,25). The van der Waals surface area contributed by atoms with Crippen LogP contribution in [0.15, 0.2) is 41.7 Å². The lowest BCUT2D eigenvalue weighted by Crippen LogP contribution is -2.28. The van der Waals surface area contributed by atoms with E-state index in [1.54, 1.807) is 26.5 Å². The van der Waals surface area contributed by atoms with E-state index in [0.29, 0.717) is 5.13 Å². The fourth-order valence-electron chi connectivity index (χ4n) is 2.68. The van der Waals surface area contributed by atoms with Crippen LogP contribution in [0.3, 0.4) is 0 Å². The van der Waals surface area contributed by atoms with E-state index in [0.717, 1.165) is 34.1 Å². The Morgan fingerprint density at radius 1 is 1.18 bits per heavy atom. The van der Waals surface area contributed by atoms with Gasteiger partial charge in [-0.05, 0) is 29.3 Å². The highest BCUT2D eigenvalue weighted by Crippen LogP contribution is 2.30. The van der Waals surface area contributed by atoms with Crippen LogP contribution in [0.2, 0.25) is 0 Å². The molecule has 0 aliphatic carbocycles. The van der Waals surface area contributed by atoms with Crippen LogP contribution < -0.4 is 10.6 Å². The van der Waals surface area contributed by atoms with Crippen LogP contribution in [-0.2, 0) is 11.3 Å². The number of fused-ring (bicyclic) bond motifs is 1. The Hall–Kier alpha value is -3.33. The lowest BCUT2D eigenvalue weighted by molar-refractivity contribution is -0.126. The van der Waals surface area contributed by atoms with Gasteiger partial charge < -0.3 is 15.5 Å². The average molecular weight is 393 g/mol. The van der Waals surface area contributed by atoms with Gasteiger partial charge >= 0.3 is 0 Å². The van der Waals surface area contributed by atoms with Crippen LogP contribution in [0.5, 0.6) is 0 Å². The van der Waals surface area contributed by atoms with Gasteiger partial charge in [0.25, 0.3) is 0 Å². The van der Waals surface area contributed by atoms with Gasteiger partial charge in [-0.3, -0.25) is 14.8 Å². The number of carbonyl (C=O) groups excluding carboxylic acids is 1. The summed E-state index contributed by atoms with van der Waals surface area (Å²) in [6.45, 7) is 0.957. The van der Waals surface area contributed by atoms with Crippen molar-refractivity contribution in [2.24, 2.45) is 4.99 Å². The number of carbonyl (C=O) groups is 1. The molecular formula is C19H19N7OS. The van der Waals surface area contributed by atoms with E-state index in [9.17, 15) is 4.79 Å². The van der Waals surface area contributed by atoms with Gasteiger partial charge in [-0.25, -0.2) is 0 Å². The molecule has 0 saturated carbocycles. The molecule has 9 heteroatoms. The SMILES string of the molecule is CN(C)C(=O)CNc1cncc(-c2nnc(Nc3ccc4c(c3)C=NC4)s2)c1. The quantitative estimate of drug-likeness (QED) is 0.669. The molecule has 0 saturated heterocycles. The summed E-state index contributed by atoms with van der Waals surface area (Å²) in [5.41, 5.74) is 4.91. The molecular weight excluding hydrogens is 374 g/mol. The fourth-order valence-corrected chi connectivity index (χ4v) is 3.43. The smallest absolute Gasteiger partial charge is 0.241 e. The number of amides is 1. The molecule has 8 nitrogen and oxygen atoms in total. The van der Waals surface area contributed by atoms with Crippen molar-refractivity contribution in [3.05, 3.63) is 47.8 Å². The number of nitrogens with zero attached hydrogens (tertiary/aromatic N) is 5. The molecule has 1 aromatic carbocycles. The number of nitrogens with one attached hydrogen (secondary N) is 2. The van der Waals surface area contributed by atoms with Crippen LogP contribution in [0.1, 0.15) is 11.1 Å². The van der Waals surface area contributed by atoms with Crippen molar-refractivity contribution in [1.29, 1.82) is 0 Å². The first-order valence-electron chi connectivity index (χ1n) is 8.71. The Bertz CT molecular complexity index is 1040. The van der Waals surface area contributed by atoms with Gasteiger partial charge in [0.2, 0.25) is 11.0 Å². The summed E-state index contributed by atoms with van der Waals surface area (Å²) in [5, 5.41) is 16.3. The lowest BCUT2D eigenvalue weighted by Gasteiger charge is -2.11.